The highest BCUT2D eigenvalue weighted by Gasteiger charge is 2.17. The van der Waals surface area contributed by atoms with Crippen molar-refractivity contribution in [1.29, 1.82) is 0 Å². The lowest BCUT2D eigenvalue weighted by molar-refractivity contribution is 0.101. The predicted octanol–water partition coefficient (Wildman–Crippen LogP) is 2.29. The molecule has 3 heterocycles. The van der Waals surface area contributed by atoms with E-state index in [9.17, 15) is 4.79 Å². The minimum atomic E-state index is -0.282. The Morgan fingerprint density at radius 1 is 1.50 bits per heavy atom. The summed E-state index contributed by atoms with van der Waals surface area (Å²) in [6.45, 7) is 4.77. The number of rotatable bonds is 4. The molecular formula is C13H16N4O2S. The summed E-state index contributed by atoms with van der Waals surface area (Å²) in [5.41, 5.74) is 1.19. The van der Waals surface area contributed by atoms with Gasteiger partial charge in [0.05, 0.1) is 12.2 Å². The molecule has 1 aliphatic heterocycles. The molecule has 20 heavy (non-hydrogen) atoms. The Kier molecular flexibility index (Phi) is 3.79. The molecule has 106 valence electrons. The largest absolute Gasteiger partial charge is 0.359 e. The zero-order valence-electron chi connectivity index (χ0n) is 11.3. The first-order valence-electron chi connectivity index (χ1n) is 6.62. The fourth-order valence-electron chi connectivity index (χ4n) is 2.23. The van der Waals surface area contributed by atoms with Crippen molar-refractivity contribution in [1.82, 2.24) is 15.0 Å². The van der Waals surface area contributed by atoms with Crippen molar-refractivity contribution < 1.29 is 9.32 Å². The zero-order chi connectivity index (χ0) is 13.9. The quantitative estimate of drug-likeness (QED) is 0.936. The van der Waals surface area contributed by atoms with Crippen molar-refractivity contribution in [2.24, 2.45) is 0 Å². The highest BCUT2D eigenvalue weighted by Crippen LogP contribution is 2.17. The maximum Gasteiger partial charge on any atom is 0.279 e. The minimum absolute atomic E-state index is 0.282. The predicted molar refractivity (Wildman–Crippen MR) is 75.8 cm³/mol. The first-order chi connectivity index (χ1) is 9.70. The van der Waals surface area contributed by atoms with Crippen molar-refractivity contribution >= 4 is 22.4 Å². The van der Waals surface area contributed by atoms with Crippen LogP contribution in [0.1, 0.15) is 34.8 Å². The monoisotopic (exact) mass is 292 g/mol. The molecule has 0 atom stereocenters. The summed E-state index contributed by atoms with van der Waals surface area (Å²) in [5, 5.41) is 9.01. The summed E-state index contributed by atoms with van der Waals surface area (Å²) in [4.78, 5) is 18.5. The molecule has 7 heteroatoms. The maximum absolute atomic E-state index is 12.0. The van der Waals surface area contributed by atoms with E-state index in [4.69, 9.17) is 4.52 Å². The highest BCUT2D eigenvalue weighted by molar-refractivity contribution is 7.13. The van der Waals surface area contributed by atoms with Crippen LogP contribution in [0, 0.1) is 6.92 Å². The van der Waals surface area contributed by atoms with Crippen LogP contribution in [0.25, 0.3) is 0 Å². The van der Waals surface area contributed by atoms with Gasteiger partial charge in [-0.25, -0.2) is 4.98 Å². The molecule has 0 radical (unpaired) electrons. The van der Waals surface area contributed by atoms with E-state index >= 15 is 0 Å². The Labute approximate surface area is 120 Å². The molecule has 0 unspecified atom stereocenters. The molecule has 0 saturated carbocycles. The lowest BCUT2D eigenvalue weighted by atomic mass is 10.3. The number of aromatic nitrogens is 2. The van der Waals surface area contributed by atoms with Crippen molar-refractivity contribution in [3.05, 3.63) is 28.6 Å². The third-order valence-electron chi connectivity index (χ3n) is 3.21. The molecule has 0 bridgehead atoms. The summed E-state index contributed by atoms with van der Waals surface area (Å²) in [6, 6.07) is 1.70. The average Bonchev–Trinajstić information content (AvgIpc) is 3.12. The Balaban J connectivity index is 1.62. The first-order valence-corrected chi connectivity index (χ1v) is 7.50. The smallest absolute Gasteiger partial charge is 0.279 e. The van der Waals surface area contributed by atoms with Crippen LogP contribution in [0.4, 0.5) is 5.13 Å². The molecule has 1 N–H and O–H groups in total. The van der Waals surface area contributed by atoms with Gasteiger partial charge in [0, 0.05) is 11.4 Å². The van der Waals surface area contributed by atoms with E-state index in [1.807, 2.05) is 12.3 Å². The van der Waals surface area contributed by atoms with Crippen LogP contribution in [-0.4, -0.2) is 34.0 Å². The normalized spacial score (nSPS) is 15.7. The second-order valence-electron chi connectivity index (χ2n) is 4.91. The van der Waals surface area contributed by atoms with E-state index in [1.54, 1.807) is 6.07 Å². The van der Waals surface area contributed by atoms with Gasteiger partial charge in [0.2, 0.25) is 0 Å². The zero-order valence-corrected chi connectivity index (χ0v) is 12.1. The number of aryl methyl sites for hydroxylation is 1. The van der Waals surface area contributed by atoms with E-state index < -0.39 is 0 Å². The Morgan fingerprint density at radius 3 is 3.00 bits per heavy atom. The van der Waals surface area contributed by atoms with E-state index in [0.29, 0.717) is 10.8 Å². The van der Waals surface area contributed by atoms with Crippen molar-refractivity contribution in [2.75, 3.05) is 18.4 Å². The third-order valence-corrected chi connectivity index (χ3v) is 4.08. The summed E-state index contributed by atoms with van der Waals surface area (Å²) in [6.07, 6.45) is 2.45. The molecule has 2 aromatic rings. The molecule has 1 fully saturated rings. The maximum atomic E-state index is 12.0. The van der Waals surface area contributed by atoms with Crippen molar-refractivity contribution in [3.63, 3.8) is 0 Å². The van der Waals surface area contributed by atoms with Crippen LogP contribution in [-0.2, 0) is 6.54 Å². The number of nitrogens with zero attached hydrogens (tertiary/aromatic N) is 3. The second kappa shape index (κ2) is 5.72. The molecule has 0 spiro atoms. The van der Waals surface area contributed by atoms with Crippen LogP contribution in [0.3, 0.4) is 0 Å². The number of likely N-dealkylation sites (tertiary alicyclic amines) is 1. The fourth-order valence-corrected chi connectivity index (χ4v) is 2.91. The third kappa shape index (κ3) is 3.05. The molecule has 1 saturated heterocycles. The van der Waals surface area contributed by atoms with E-state index in [0.717, 1.165) is 31.1 Å². The van der Waals surface area contributed by atoms with E-state index in [1.165, 1.54) is 24.2 Å². The number of carbonyl (C=O) groups excluding carboxylic acids is 1. The Bertz CT molecular complexity index is 601. The summed E-state index contributed by atoms with van der Waals surface area (Å²) in [7, 11) is 0. The first kappa shape index (κ1) is 13.3. The van der Waals surface area contributed by atoms with Gasteiger partial charge in [-0.15, -0.1) is 11.3 Å². The molecule has 2 aromatic heterocycles. The Hall–Kier alpha value is -1.73. The minimum Gasteiger partial charge on any atom is -0.359 e. The van der Waals surface area contributed by atoms with Crippen LogP contribution < -0.4 is 5.32 Å². The lowest BCUT2D eigenvalue weighted by Gasteiger charge is -2.10. The van der Waals surface area contributed by atoms with Gasteiger partial charge in [0.25, 0.3) is 5.91 Å². The van der Waals surface area contributed by atoms with Crippen LogP contribution in [0.15, 0.2) is 16.0 Å². The standard InChI is InChI=1S/C13H16N4O2S/c1-9-8-20-13(14-9)15-12(18)11-6-10(19-16-11)7-17-4-2-3-5-17/h6,8H,2-5,7H2,1H3,(H,14,15,18). The number of hydrogen-bond donors (Lipinski definition) is 1. The number of thiazole rings is 1. The number of amides is 1. The molecule has 3 rings (SSSR count). The number of hydrogen-bond acceptors (Lipinski definition) is 6. The van der Waals surface area contributed by atoms with E-state index in [2.05, 4.69) is 20.4 Å². The highest BCUT2D eigenvalue weighted by atomic mass is 32.1. The van der Waals surface area contributed by atoms with E-state index in [-0.39, 0.29) is 5.91 Å². The van der Waals surface area contributed by atoms with Crippen LogP contribution in [0.5, 0.6) is 0 Å². The van der Waals surface area contributed by atoms with Gasteiger partial charge in [-0.3, -0.25) is 15.0 Å². The Morgan fingerprint density at radius 2 is 2.30 bits per heavy atom. The SMILES string of the molecule is Cc1csc(NC(=O)c2cc(CN3CCCC3)on2)n1. The lowest BCUT2D eigenvalue weighted by Crippen LogP contribution is -2.18. The van der Waals surface area contributed by atoms with Gasteiger partial charge < -0.3 is 4.52 Å². The van der Waals surface area contributed by atoms with Crippen LogP contribution >= 0.6 is 11.3 Å². The summed E-state index contributed by atoms with van der Waals surface area (Å²) >= 11 is 1.40. The summed E-state index contributed by atoms with van der Waals surface area (Å²) in [5.74, 6) is 0.447. The molecule has 0 aromatic carbocycles. The molecule has 1 amide bonds. The second-order valence-corrected chi connectivity index (χ2v) is 5.77. The molecule has 6 nitrogen and oxygen atoms in total. The number of carbonyl (C=O) groups is 1. The molecular weight excluding hydrogens is 276 g/mol. The van der Waals surface area contributed by atoms with Crippen molar-refractivity contribution in [3.8, 4) is 0 Å². The van der Waals surface area contributed by atoms with Gasteiger partial charge in [0.1, 0.15) is 0 Å². The van der Waals surface area contributed by atoms with Gasteiger partial charge in [0.15, 0.2) is 16.6 Å². The van der Waals surface area contributed by atoms with Gasteiger partial charge >= 0.3 is 0 Å². The summed E-state index contributed by atoms with van der Waals surface area (Å²) < 4.78 is 5.22. The van der Waals surface area contributed by atoms with Gasteiger partial charge in [-0.2, -0.15) is 0 Å². The average molecular weight is 292 g/mol. The van der Waals surface area contributed by atoms with Crippen molar-refractivity contribution in [2.45, 2.75) is 26.3 Å². The van der Waals surface area contributed by atoms with Gasteiger partial charge in [-0.05, 0) is 32.9 Å². The fraction of sp³-hybridized carbons (Fsp3) is 0.462. The topological polar surface area (TPSA) is 71.3 Å². The van der Waals surface area contributed by atoms with Crippen LogP contribution in [0.2, 0.25) is 0 Å². The molecule has 0 aliphatic carbocycles. The number of nitrogens with one attached hydrogen (secondary N) is 1. The molecule has 1 aliphatic rings. The van der Waals surface area contributed by atoms with Gasteiger partial charge in [-0.1, -0.05) is 5.16 Å². The number of anilines is 1.